The first-order valence-electron chi connectivity index (χ1n) is 11.6. The highest BCUT2D eigenvalue weighted by Gasteiger charge is 2.16. The molecule has 1 aliphatic rings. The number of hydrogen-bond donors (Lipinski definition) is 1. The molecule has 0 unspecified atom stereocenters. The third kappa shape index (κ3) is 5.25. The molecule has 6 nitrogen and oxygen atoms in total. The smallest absolute Gasteiger partial charge is 0.272 e. The summed E-state index contributed by atoms with van der Waals surface area (Å²) in [7, 11) is 0. The molecule has 2 aromatic carbocycles. The number of fused-ring (bicyclic) bond motifs is 1. The molecule has 32 heavy (non-hydrogen) atoms. The van der Waals surface area contributed by atoms with Crippen LogP contribution in [0.1, 0.15) is 47.8 Å². The van der Waals surface area contributed by atoms with Gasteiger partial charge in [0.15, 0.2) is 0 Å². The number of carbonyl (C=O) groups excluding carboxylic acids is 1. The summed E-state index contributed by atoms with van der Waals surface area (Å²) in [4.78, 5) is 32.4. The number of nitrogens with one attached hydrogen (secondary N) is 1. The number of benzene rings is 2. The Morgan fingerprint density at radius 1 is 1.19 bits per heavy atom. The highest BCUT2D eigenvalue weighted by atomic mass is 16.1. The molecule has 1 N–H and O–H groups in total. The number of carbonyl (C=O) groups is 1. The number of rotatable bonds is 7. The van der Waals surface area contributed by atoms with Gasteiger partial charge in [0.05, 0.1) is 17.6 Å². The first-order valence-corrected chi connectivity index (χ1v) is 11.6. The highest BCUT2D eigenvalue weighted by Crippen LogP contribution is 2.16. The first kappa shape index (κ1) is 22.2. The molecule has 4 rings (SSSR count). The van der Waals surface area contributed by atoms with Crippen molar-refractivity contribution in [3.8, 4) is 0 Å². The lowest BCUT2D eigenvalue weighted by Gasteiger charge is -2.30. The van der Waals surface area contributed by atoms with Crippen molar-refractivity contribution in [2.75, 3.05) is 26.2 Å². The maximum absolute atomic E-state index is 12.7. The zero-order chi connectivity index (χ0) is 22.5. The van der Waals surface area contributed by atoms with E-state index < -0.39 is 0 Å². The van der Waals surface area contributed by atoms with Crippen molar-refractivity contribution in [3.63, 3.8) is 0 Å². The summed E-state index contributed by atoms with van der Waals surface area (Å²) >= 11 is 0. The second-order valence-electron chi connectivity index (χ2n) is 8.94. The average molecular weight is 433 g/mol. The summed E-state index contributed by atoms with van der Waals surface area (Å²) in [6.07, 6.45) is 3.54. The number of aromatic nitrogens is 2. The van der Waals surface area contributed by atoms with E-state index in [0.717, 1.165) is 36.5 Å². The van der Waals surface area contributed by atoms with Crippen LogP contribution >= 0.6 is 0 Å². The lowest BCUT2D eigenvalue weighted by atomic mass is 10.0. The molecular formula is C26H32N4O2. The summed E-state index contributed by atoms with van der Waals surface area (Å²) in [5.41, 5.74) is 3.34. The van der Waals surface area contributed by atoms with Crippen LogP contribution in [-0.4, -0.2) is 46.5 Å². The SMILES string of the molecule is Cc1nc2cc(C(=O)NCCCN3CCC[C@H](C)C3)ccc2n(Cc2ccccc2)c1=O. The molecule has 1 fully saturated rings. The fourth-order valence-electron chi connectivity index (χ4n) is 4.54. The number of piperidine rings is 1. The van der Waals surface area contributed by atoms with Crippen LogP contribution in [0.2, 0.25) is 0 Å². The first-order chi connectivity index (χ1) is 15.5. The minimum absolute atomic E-state index is 0.0980. The lowest BCUT2D eigenvalue weighted by Crippen LogP contribution is -2.36. The molecule has 1 amide bonds. The third-order valence-electron chi connectivity index (χ3n) is 6.23. The van der Waals surface area contributed by atoms with Crippen LogP contribution < -0.4 is 10.9 Å². The fraction of sp³-hybridized carbons (Fsp3) is 0.423. The summed E-state index contributed by atoms with van der Waals surface area (Å²) in [6, 6.07) is 15.3. The maximum atomic E-state index is 12.7. The number of nitrogens with zero attached hydrogens (tertiary/aromatic N) is 3. The molecule has 3 aromatic rings. The Bertz CT molecular complexity index is 1140. The van der Waals surface area contributed by atoms with Crippen LogP contribution in [0.5, 0.6) is 0 Å². The van der Waals surface area contributed by atoms with E-state index in [4.69, 9.17) is 0 Å². The molecule has 0 bridgehead atoms. The van der Waals surface area contributed by atoms with E-state index in [1.807, 2.05) is 36.4 Å². The monoisotopic (exact) mass is 432 g/mol. The normalized spacial score (nSPS) is 16.9. The van der Waals surface area contributed by atoms with Gasteiger partial charge in [0.2, 0.25) is 0 Å². The molecule has 168 valence electrons. The van der Waals surface area contributed by atoms with Crippen molar-refractivity contribution >= 4 is 16.9 Å². The molecule has 0 saturated carbocycles. The van der Waals surface area contributed by atoms with E-state index in [1.165, 1.54) is 19.4 Å². The van der Waals surface area contributed by atoms with Gasteiger partial charge in [-0.05, 0) is 69.0 Å². The van der Waals surface area contributed by atoms with E-state index in [1.54, 1.807) is 23.6 Å². The van der Waals surface area contributed by atoms with Gasteiger partial charge in [0, 0.05) is 18.7 Å². The van der Waals surface area contributed by atoms with Gasteiger partial charge in [-0.15, -0.1) is 0 Å². The standard InChI is InChI=1S/C26H32N4O2/c1-19-8-6-14-29(17-19)15-7-13-27-25(31)22-11-12-24-23(16-22)28-20(2)26(32)30(24)18-21-9-4-3-5-10-21/h3-5,9-12,16,19H,6-8,13-15,17-18H2,1-2H3,(H,27,31)/t19-/m0/s1. The van der Waals surface area contributed by atoms with E-state index in [0.29, 0.717) is 29.9 Å². The van der Waals surface area contributed by atoms with Crippen molar-refractivity contribution in [2.24, 2.45) is 5.92 Å². The molecule has 0 radical (unpaired) electrons. The van der Waals surface area contributed by atoms with Gasteiger partial charge in [-0.25, -0.2) is 4.98 Å². The lowest BCUT2D eigenvalue weighted by molar-refractivity contribution is 0.0950. The zero-order valence-electron chi connectivity index (χ0n) is 19.0. The second kappa shape index (κ2) is 10.1. The molecule has 0 spiro atoms. The molecular weight excluding hydrogens is 400 g/mol. The Labute approximate surface area is 189 Å². The van der Waals surface area contributed by atoms with Gasteiger partial charge >= 0.3 is 0 Å². The number of likely N-dealkylation sites (tertiary alicyclic amines) is 1. The van der Waals surface area contributed by atoms with E-state index in [9.17, 15) is 9.59 Å². The molecule has 1 aliphatic heterocycles. The van der Waals surface area contributed by atoms with Crippen molar-refractivity contribution < 1.29 is 4.79 Å². The van der Waals surface area contributed by atoms with Gasteiger partial charge in [-0.3, -0.25) is 9.59 Å². The highest BCUT2D eigenvalue weighted by molar-refractivity contribution is 5.97. The zero-order valence-corrected chi connectivity index (χ0v) is 19.0. The van der Waals surface area contributed by atoms with Crippen molar-refractivity contribution in [1.82, 2.24) is 19.8 Å². The number of amides is 1. The van der Waals surface area contributed by atoms with Crippen LogP contribution in [0.15, 0.2) is 53.3 Å². The Morgan fingerprint density at radius 2 is 2.00 bits per heavy atom. The van der Waals surface area contributed by atoms with Crippen LogP contribution in [0.25, 0.3) is 11.0 Å². The van der Waals surface area contributed by atoms with Gasteiger partial charge < -0.3 is 14.8 Å². The van der Waals surface area contributed by atoms with E-state index >= 15 is 0 Å². The number of hydrogen-bond acceptors (Lipinski definition) is 4. The minimum atomic E-state index is -0.106. The largest absolute Gasteiger partial charge is 0.352 e. The topological polar surface area (TPSA) is 67.2 Å². The molecule has 1 saturated heterocycles. The van der Waals surface area contributed by atoms with Crippen molar-refractivity contribution in [3.05, 3.63) is 75.7 Å². The van der Waals surface area contributed by atoms with Crippen molar-refractivity contribution in [2.45, 2.75) is 39.7 Å². The van der Waals surface area contributed by atoms with Gasteiger partial charge in [0.25, 0.3) is 11.5 Å². The summed E-state index contributed by atoms with van der Waals surface area (Å²) < 4.78 is 1.73. The van der Waals surface area contributed by atoms with Gasteiger partial charge in [-0.2, -0.15) is 0 Å². The van der Waals surface area contributed by atoms with E-state index in [-0.39, 0.29) is 11.5 Å². The average Bonchev–Trinajstić information content (AvgIpc) is 2.80. The Kier molecular flexibility index (Phi) is 7.00. The Hall–Kier alpha value is -2.99. The van der Waals surface area contributed by atoms with E-state index in [2.05, 4.69) is 22.1 Å². The molecule has 1 atom stereocenters. The summed E-state index contributed by atoms with van der Waals surface area (Å²) in [5, 5.41) is 3.03. The predicted molar refractivity (Wildman–Crippen MR) is 128 cm³/mol. The van der Waals surface area contributed by atoms with Gasteiger partial charge in [0.1, 0.15) is 5.69 Å². The summed E-state index contributed by atoms with van der Waals surface area (Å²) in [6.45, 7) is 8.50. The maximum Gasteiger partial charge on any atom is 0.272 e. The molecule has 2 heterocycles. The third-order valence-corrected chi connectivity index (χ3v) is 6.23. The van der Waals surface area contributed by atoms with Gasteiger partial charge in [-0.1, -0.05) is 37.3 Å². The van der Waals surface area contributed by atoms with Crippen molar-refractivity contribution in [1.29, 1.82) is 0 Å². The fourth-order valence-corrected chi connectivity index (χ4v) is 4.54. The molecule has 0 aliphatic carbocycles. The van der Waals surface area contributed by atoms with Crippen LogP contribution in [0.3, 0.4) is 0 Å². The predicted octanol–water partition coefficient (Wildman–Crippen LogP) is 3.61. The Morgan fingerprint density at radius 3 is 2.78 bits per heavy atom. The second-order valence-corrected chi connectivity index (χ2v) is 8.94. The minimum Gasteiger partial charge on any atom is -0.352 e. The Balaban J connectivity index is 1.44. The molecule has 6 heteroatoms. The van der Waals surface area contributed by atoms with Crippen LogP contribution in [0, 0.1) is 12.8 Å². The van der Waals surface area contributed by atoms with Crippen LogP contribution in [-0.2, 0) is 6.54 Å². The number of aryl methyl sites for hydroxylation is 1. The summed E-state index contributed by atoms with van der Waals surface area (Å²) in [5.74, 6) is 0.672. The quantitative estimate of drug-likeness (QED) is 0.579. The van der Waals surface area contributed by atoms with Crippen LogP contribution in [0.4, 0.5) is 0 Å². The molecule has 1 aromatic heterocycles.